The molecule has 30 heavy (non-hydrogen) atoms. The number of halogens is 3. The number of fused-ring (bicyclic) bond motifs is 1. The third kappa shape index (κ3) is 3.84. The number of methoxy groups -OCH3 is 1. The fraction of sp³-hybridized carbons (Fsp3) is 0.550. The van der Waals surface area contributed by atoms with Crippen LogP contribution in [0.25, 0.3) is 0 Å². The second-order valence-corrected chi connectivity index (χ2v) is 8.39. The van der Waals surface area contributed by atoms with Gasteiger partial charge in [-0.1, -0.05) is 13.8 Å². The molecule has 1 atom stereocenters. The van der Waals surface area contributed by atoms with E-state index in [1.807, 2.05) is 13.8 Å². The van der Waals surface area contributed by atoms with Crippen molar-refractivity contribution in [2.45, 2.75) is 65.1 Å². The highest BCUT2D eigenvalue weighted by Gasteiger charge is 2.41. The number of alkyl halides is 3. The van der Waals surface area contributed by atoms with Crippen LogP contribution in [0.5, 0.6) is 0 Å². The Bertz CT molecular complexity index is 978. The molecular formula is C20H24F3N3O3S. The molecule has 10 heteroatoms. The summed E-state index contributed by atoms with van der Waals surface area (Å²) in [5.41, 5.74) is 0.831. The van der Waals surface area contributed by atoms with Crippen molar-refractivity contribution in [3.05, 3.63) is 33.0 Å². The molecular weight excluding hydrogens is 419 g/mol. The van der Waals surface area contributed by atoms with E-state index in [0.717, 1.165) is 10.4 Å². The van der Waals surface area contributed by atoms with E-state index in [2.05, 4.69) is 10.4 Å². The Kier molecular flexibility index (Phi) is 6.26. The van der Waals surface area contributed by atoms with Gasteiger partial charge in [-0.15, -0.1) is 11.3 Å². The van der Waals surface area contributed by atoms with Crippen LogP contribution in [0.4, 0.5) is 18.2 Å². The zero-order valence-corrected chi connectivity index (χ0v) is 18.1. The van der Waals surface area contributed by atoms with Gasteiger partial charge < -0.3 is 10.1 Å². The number of carbonyl (C=O) groups excluding carboxylic acids is 2. The molecule has 6 nitrogen and oxygen atoms in total. The van der Waals surface area contributed by atoms with Gasteiger partial charge in [0.2, 0.25) is 5.91 Å². The SMILES string of the molecule is CCc1c(C)sc(NC(=O)[C@H](CC)n2nc(C(F)(F)F)c3c2CCC3)c1C(=O)OC. The molecule has 3 rings (SSSR count). The molecule has 0 spiro atoms. The number of carbonyl (C=O) groups is 2. The highest BCUT2D eigenvalue weighted by molar-refractivity contribution is 7.16. The topological polar surface area (TPSA) is 73.2 Å². The largest absolute Gasteiger partial charge is 0.465 e. The molecule has 2 aromatic heterocycles. The molecule has 0 unspecified atom stereocenters. The normalized spacial score (nSPS) is 14.5. The molecule has 1 amide bonds. The molecule has 0 saturated carbocycles. The molecule has 0 aliphatic heterocycles. The summed E-state index contributed by atoms with van der Waals surface area (Å²) >= 11 is 1.25. The van der Waals surface area contributed by atoms with Crippen LogP contribution >= 0.6 is 11.3 Å². The number of nitrogens with one attached hydrogen (secondary N) is 1. The number of amides is 1. The molecule has 0 bridgehead atoms. The molecule has 1 aliphatic rings. The third-order valence-corrected chi connectivity index (χ3v) is 6.46. The van der Waals surface area contributed by atoms with E-state index in [-0.39, 0.29) is 12.0 Å². The summed E-state index contributed by atoms with van der Waals surface area (Å²) in [4.78, 5) is 26.2. The van der Waals surface area contributed by atoms with Gasteiger partial charge in [0.25, 0.3) is 0 Å². The van der Waals surface area contributed by atoms with Gasteiger partial charge in [0.05, 0.1) is 12.7 Å². The number of rotatable bonds is 6. The van der Waals surface area contributed by atoms with Crippen LogP contribution in [0, 0.1) is 6.92 Å². The maximum atomic E-state index is 13.4. The van der Waals surface area contributed by atoms with Crippen molar-refractivity contribution in [1.29, 1.82) is 0 Å². The quantitative estimate of drug-likeness (QED) is 0.657. The van der Waals surface area contributed by atoms with E-state index in [0.29, 0.717) is 41.9 Å². The summed E-state index contributed by atoms with van der Waals surface area (Å²) in [7, 11) is 1.26. The van der Waals surface area contributed by atoms with Crippen molar-refractivity contribution >= 4 is 28.2 Å². The summed E-state index contributed by atoms with van der Waals surface area (Å²) < 4.78 is 46.3. The number of hydrogen-bond acceptors (Lipinski definition) is 5. The minimum atomic E-state index is -4.56. The van der Waals surface area contributed by atoms with Gasteiger partial charge in [-0.3, -0.25) is 9.48 Å². The second-order valence-electron chi connectivity index (χ2n) is 7.17. The Morgan fingerprint density at radius 3 is 2.57 bits per heavy atom. The van der Waals surface area contributed by atoms with Crippen LogP contribution in [-0.4, -0.2) is 28.8 Å². The van der Waals surface area contributed by atoms with Crippen LogP contribution in [0.1, 0.15) is 70.5 Å². The standard InChI is InChI=1S/C20H24F3N3O3S/c1-5-11-10(3)30-18(15(11)19(28)29-4)24-17(27)13(6-2)26-14-9-7-8-12(14)16(25-26)20(21,22)23/h13H,5-9H2,1-4H3,(H,24,27)/t13-/m0/s1. The van der Waals surface area contributed by atoms with Gasteiger partial charge in [-0.05, 0) is 44.6 Å². The van der Waals surface area contributed by atoms with Crippen molar-refractivity contribution in [2.24, 2.45) is 0 Å². The van der Waals surface area contributed by atoms with Gasteiger partial charge in [0, 0.05) is 16.1 Å². The number of aromatic nitrogens is 2. The summed E-state index contributed by atoms with van der Waals surface area (Å²) in [6.45, 7) is 5.46. The predicted molar refractivity (Wildman–Crippen MR) is 107 cm³/mol. The lowest BCUT2D eigenvalue weighted by atomic mass is 10.1. The molecule has 164 valence electrons. The fourth-order valence-electron chi connectivity index (χ4n) is 4.02. The molecule has 2 heterocycles. The van der Waals surface area contributed by atoms with Crippen molar-refractivity contribution in [3.63, 3.8) is 0 Å². The van der Waals surface area contributed by atoms with Gasteiger partial charge in [-0.25, -0.2) is 4.79 Å². The predicted octanol–water partition coefficient (Wildman–Crippen LogP) is 4.70. The number of ether oxygens (including phenoxy) is 1. The lowest BCUT2D eigenvalue weighted by Crippen LogP contribution is -2.28. The first-order valence-corrected chi connectivity index (χ1v) is 10.6. The maximum absolute atomic E-state index is 13.4. The number of aryl methyl sites for hydroxylation is 1. The highest BCUT2D eigenvalue weighted by Crippen LogP contribution is 2.39. The first kappa shape index (κ1) is 22.3. The smallest absolute Gasteiger partial charge is 0.435 e. The lowest BCUT2D eigenvalue weighted by molar-refractivity contribution is -0.142. The summed E-state index contributed by atoms with van der Waals surface area (Å²) in [6.07, 6.45) is -2.36. The summed E-state index contributed by atoms with van der Waals surface area (Å²) in [5, 5.41) is 6.89. The minimum absolute atomic E-state index is 0.184. The van der Waals surface area contributed by atoms with Crippen molar-refractivity contribution < 1.29 is 27.5 Å². The lowest BCUT2D eigenvalue weighted by Gasteiger charge is -2.18. The zero-order chi connectivity index (χ0) is 22.2. The minimum Gasteiger partial charge on any atom is -0.465 e. The Balaban J connectivity index is 1.98. The van der Waals surface area contributed by atoms with Gasteiger partial charge in [0.15, 0.2) is 5.69 Å². The van der Waals surface area contributed by atoms with Crippen molar-refractivity contribution in [3.8, 4) is 0 Å². The molecule has 0 aromatic carbocycles. The van der Waals surface area contributed by atoms with Crippen LogP contribution in [-0.2, 0) is 35.0 Å². The number of thiophene rings is 1. The van der Waals surface area contributed by atoms with Crippen LogP contribution in [0.2, 0.25) is 0 Å². The molecule has 1 N–H and O–H groups in total. The number of anilines is 1. The first-order valence-electron chi connectivity index (χ1n) is 9.82. The number of hydrogen-bond donors (Lipinski definition) is 1. The Morgan fingerprint density at radius 2 is 2.00 bits per heavy atom. The van der Waals surface area contributed by atoms with Gasteiger partial charge >= 0.3 is 12.1 Å². The molecule has 0 radical (unpaired) electrons. The Hall–Kier alpha value is -2.36. The van der Waals surface area contributed by atoms with E-state index in [4.69, 9.17) is 4.74 Å². The zero-order valence-electron chi connectivity index (χ0n) is 17.3. The highest BCUT2D eigenvalue weighted by atomic mass is 32.1. The van der Waals surface area contributed by atoms with Crippen molar-refractivity contribution in [1.82, 2.24) is 9.78 Å². The van der Waals surface area contributed by atoms with Gasteiger partial charge in [-0.2, -0.15) is 18.3 Å². The summed E-state index contributed by atoms with van der Waals surface area (Å²) in [5.74, 6) is -1.06. The Morgan fingerprint density at radius 1 is 1.30 bits per heavy atom. The first-order chi connectivity index (χ1) is 14.1. The van der Waals surface area contributed by atoms with Gasteiger partial charge in [0.1, 0.15) is 11.0 Å². The second kappa shape index (κ2) is 8.41. The number of nitrogens with zero attached hydrogens (tertiary/aromatic N) is 2. The van der Waals surface area contributed by atoms with E-state index in [1.54, 1.807) is 6.92 Å². The average Bonchev–Trinajstić information content (AvgIpc) is 3.35. The van der Waals surface area contributed by atoms with Crippen LogP contribution in [0.15, 0.2) is 0 Å². The number of esters is 1. The van der Waals surface area contributed by atoms with Crippen LogP contribution in [0.3, 0.4) is 0 Å². The fourth-order valence-corrected chi connectivity index (χ4v) is 5.16. The van der Waals surface area contributed by atoms with E-state index in [9.17, 15) is 22.8 Å². The molecule has 2 aromatic rings. The molecule has 1 aliphatic carbocycles. The Labute approximate surface area is 176 Å². The molecule has 0 fully saturated rings. The summed E-state index contributed by atoms with van der Waals surface area (Å²) in [6, 6.07) is -0.911. The third-order valence-electron chi connectivity index (χ3n) is 5.40. The molecule has 0 saturated heterocycles. The van der Waals surface area contributed by atoms with Crippen molar-refractivity contribution in [2.75, 3.05) is 12.4 Å². The van der Waals surface area contributed by atoms with Crippen LogP contribution < -0.4 is 5.32 Å². The van der Waals surface area contributed by atoms with E-state index >= 15 is 0 Å². The van der Waals surface area contributed by atoms with E-state index < -0.39 is 29.8 Å². The maximum Gasteiger partial charge on any atom is 0.435 e. The average molecular weight is 443 g/mol. The monoisotopic (exact) mass is 443 g/mol. The van der Waals surface area contributed by atoms with E-state index in [1.165, 1.54) is 23.1 Å².